The smallest absolute Gasteiger partial charge is 0.227 e. The molecule has 1 aliphatic rings. The maximum atomic E-state index is 12.3. The highest BCUT2D eigenvalue weighted by molar-refractivity contribution is 6.00. The Kier molecular flexibility index (Phi) is 6.43. The van der Waals surface area contributed by atoms with Crippen LogP contribution in [-0.2, 0) is 14.3 Å². The third-order valence-electron chi connectivity index (χ3n) is 4.00. The van der Waals surface area contributed by atoms with Gasteiger partial charge in [-0.25, -0.2) is 0 Å². The molecule has 1 saturated heterocycles. The topological polar surface area (TPSA) is 77.1 Å². The van der Waals surface area contributed by atoms with E-state index in [1.54, 1.807) is 44.4 Å². The number of amides is 2. The van der Waals surface area contributed by atoms with Crippen LogP contribution in [0.25, 0.3) is 0 Å². The summed E-state index contributed by atoms with van der Waals surface area (Å²) in [6.45, 7) is 1.51. The Bertz CT molecular complexity index is 590. The first-order chi connectivity index (χ1) is 11.6. The number of nitrogens with one attached hydrogen (secondary N) is 1. The Hall–Kier alpha value is -2.28. The average Bonchev–Trinajstić information content (AvgIpc) is 2.99. The molecule has 0 spiro atoms. The van der Waals surface area contributed by atoms with Gasteiger partial charge < -0.3 is 24.4 Å². The number of carbonyl (C=O) groups excluding carboxylic acids is 2. The second kappa shape index (κ2) is 8.54. The van der Waals surface area contributed by atoms with E-state index in [9.17, 15) is 9.59 Å². The molecule has 0 saturated carbocycles. The summed E-state index contributed by atoms with van der Waals surface area (Å²) in [5.74, 6) is 0.644. The van der Waals surface area contributed by atoms with Crippen molar-refractivity contribution < 1.29 is 23.8 Å². The maximum absolute atomic E-state index is 12.3. The highest BCUT2D eigenvalue weighted by atomic mass is 16.5. The van der Waals surface area contributed by atoms with E-state index in [4.69, 9.17) is 14.2 Å². The molecule has 0 bridgehead atoms. The molecule has 1 aliphatic heterocycles. The van der Waals surface area contributed by atoms with Gasteiger partial charge in [0.15, 0.2) is 11.5 Å². The Labute approximate surface area is 141 Å². The number of rotatable bonds is 8. The van der Waals surface area contributed by atoms with Crippen molar-refractivity contribution in [2.75, 3.05) is 45.9 Å². The zero-order valence-corrected chi connectivity index (χ0v) is 14.3. The molecule has 1 aromatic carbocycles. The molecule has 2 rings (SSSR count). The number of carbonyl (C=O) groups is 2. The summed E-state index contributed by atoms with van der Waals surface area (Å²) in [5, 5.41) is 2.85. The quantitative estimate of drug-likeness (QED) is 0.722. The minimum absolute atomic E-state index is 0.0701. The molecule has 7 nitrogen and oxygen atoms in total. The van der Waals surface area contributed by atoms with Gasteiger partial charge in [-0.05, 0) is 18.6 Å². The van der Waals surface area contributed by atoms with Crippen molar-refractivity contribution in [3.63, 3.8) is 0 Å². The zero-order valence-electron chi connectivity index (χ0n) is 14.3. The summed E-state index contributed by atoms with van der Waals surface area (Å²) in [6.07, 6.45) is 0.965. The lowest BCUT2D eigenvalue weighted by Crippen LogP contribution is -2.33. The van der Waals surface area contributed by atoms with Crippen molar-refractivity contribution in [2.24, 2.45) is 5.92 Å². The molecule has 1 atom stereocenters. The lowest BCUT2D eigenvalue weighted by atomic mass is 10.1. The van der Waals surface area contributed by atoms with Crippen LogP contribution in [0.5, 0.6) is 11.5 Å². The SMILES string of the molecule is COCCCNC(=O)C1CC(=O)N(c2ccc(OC)c(OC)c2)C1. The fraction of sp³-hybridized carbons (Fsp3) is 0.529. The Morgan fingerprint density at radius 2 is 2.00 bits per heavy atom. The van der Waals surface area contributed by atoms with E-state index in [0.717, 1.165) is 6.42 Å². The lowest BCUT2D eigenvalue weighted by Gasteiger charge is -2.18. The number of anilines is 1. The van der Waals surface area contributed by atoms with E-state index in [1.165, 1.54) is 0 Å². The number of benzene rings is 1. The summed E-state index contributed by atoms with van der Waals surface area (Å²) in [7, 11) is 4.73. The Balaban J connectivity index is 2.00. The van der Waals surface area contributed by atoms with Crippen molar-refractivity contribution in [1.82, 2.24) is 5.32 Å². The van der Waals surface area contributed by atoms with Crippen LogP contribution in [0.3, 0.4) is 0 Å². The summed E-state index contributed by atoms with van der Waals surface area (Å²) in [4.78, 5) is 26.1. The molecule has 0 radical (unpaired) electrons. The van der Waals surface area contributed by atoms with Gasteiger partial charge in [0.05, 0.1) is 20.1 Å². The molecule has 7 heteroatoms. The first-order valence-electron chi connectivity index (χ1n) is 7.89. The molecule has 1 N–H and O–H groups in total. The zero-order chi connectivity index (χ0) is 17.5. The maximum Gasteiger partial charge on any atom is 0.227 e. The number of nitrogens with zero attached hydrogens (tertiary/aromatic N) is 1. The summed E-state index contributed by atoms with van der Waals surface area (Å²) in [6, 6.07) is 5.29. The normalized spacial score (nSPS) is 17.0. The molecular formula is C17H24N2O5. The van der Waals surface area contributed by atoms with Gasteiger partial charge in [-0.3, -0.25) is 9.59 Å². The molecular weight excluding hydrogens is 312 g/mol. The molecule has 0 aromatic heterocycles. The average molecular weight is 336 g/mol. The van der Waals surface area contributed by atoms with Crippen LogP contribution in [0.1, 0.15) is 12.8 Å². The highest BCUT2D eigenvalue weighted by Crippen LogP contribution is 2.34. The van der Waals surface area contributed by atoms with Crippen LogP contribution < -0.4 is 19.7 Å². The van der Waals surface area contributed by atoms with E-state index in [2.05, 4.69) is 5.32 Å². The van der Waals surface area contributed by atoms with E-state index in [-0.39, 0.29) is 24.2 Å². The minimum Gasteiger partial charge on any atom is -0.493 e. The number of hydrogen-bond donors (Lipinski definition) is 1. The predicted octanol–water partition coefficient (Wildman–Crippen LogP) is 1.21. The van der Waals surface area contributed by atoms with E-state index in [1.807, 2.05) is 0 Å². The van der Waals surface area contributed by atoms with Crippen molar-refractivity contribution in [3.05, 3.63) is 18.2 Å². The van der Waals surface area contributed by atoms with E-state index < -0.39 is 0 Å². The van der Waals surface area contributed by atoms with Crippen LogP contribution in [0, 0.1) is 5.92 Å². The molecule has 24 heavy (non-hydrogen) atoms. The first kappa shape index (κ1) is 18.1. The van der Waals surface area contributed by atoms with E-state index in [0.29, 0.717) is 36.9 Å². The third kappa shape index (κ3) is 4.17. The van der Waals surface area contributed by atoms with Gasteiger partial charge in [-0.15, -0.1) is 0 Å². The van der Waals surface area contributed by atoms with E-state index >= 15 is 0 Å². The molecule has 1 heterocycles. The molecule has 1 aromatic rings. The van der Waals surface area contributed by atoms with Gasteiger partial charge >= 0.3 is 0 Å². The first-order valence-corrected chi connectivity index (χ1v) is 7.89. The van der Waals surface area contributed by atoms with Crippen LogP contribution >= 0.6 is 0 Å². The van der Waals surface area contributed by atoms with Crippen LogP contribution in [0.2, 0.25) is 0 Å². The van der Waals surface area contributed by atoms with Crippen molar-refractivity contribution in [2.45, 2.75) is 12.8 Å². The second-order valence-corrected chi connectivity index (χ2v) is 5.58. The predicted molar refractivity (Wildman–Crippen MR) is 89.5 cm³/mol. The highest BCUT2D eigenvalue weighted by Gasteiger charge is 2.35. The molecule has 132 valence electrons. The molecule has 1 unspecified atom stereocenters. The minimum atomic E-state index is -0.340. The van der Waals surface area contributed by atoms with Crippen LogP contribution in [0.15, 0.2) is 18.2 Å². The summed E-state index contributed by atoms with van der Waals surface area (Å²) < 4.78 is 15.4. The van der Waals surface area contributed by atoms with Gasteiger partial charge in [0.2, 0.25) is 11.8 Å². The number of ether oxygens (including phenoxy) is 3. The summed E-state index contributed by atoms with van der Waals surface area (Å²) >= 11 is 0. The summed E-state index contributed by atoms with van der Waals surface area (Å²) in [5.41, 5.74) is 0.701. The fourth-order valence-corrected chi connectivity index (χ4v) is 2.70. The van der Waals surface area contributed by atoms with Gasteiger partial charge in [-0.2, -0.15) is 0 Å². The largest absolute Gasteiger partial charge is 0.493 e. The fourth-order valence-electron chi connectivity index (χ4n) is 2.70. The Morgan fingerprint density at radius 3 is 2.67 bits per heavy atom. The van der Waals surface area contributed by atoms with Crippen molar-refractivity contribution >= 4 is 17.5 Å². The molecule has 0 aliphatic carbocycles. The monoisotopic (exact) mass is 336 g/mol. The van der Waals surface area contributed by atoms with Gasteiger partial charge in [-0.1, -0.05) is 0 Å². The second-order valence-electron chi connectivity index (χ2n) is 5.58. The third-order valence-corrected chi connectivity index (χ3v) is 4.00. The van der Waals surface area contributed by atoms with Crippen LogP contribution in [0.4, 0.5) is 5.69 Å². The molecule has 1 fully saturated rings. The standard InChI is InChI=1S/C17H24N2O5/c1-22-8-4-7-18-17(21)12-9-16(20)19(11-12)13-5-6-14(23-2)15(10-13)24-3/h5-6,10,12H,4,7-9,11H2,1-3H3,(H,18,21). The molecule has 2 amide bonds. The van der Waals surface area contributed by atoms with Gasteiger partial charge in [0.25, 0.3) is 0 Å². The number of methoxy groups -OCH3 is 3. The van der Waals surface area contributed by atoms with Crippen LogP contribution in [-0.4, -0.2) is 52.8 Å². The van der Waals surface area contributed by atoms with Crippen molar-refractivity contribution in [1.29, 1.82) is 0 Å². The van der Waals surface area contributed by atoms with Crippen molar-refractivity contribution in [3.8, 4) is 11.5 Å². The van der Waals surface area contributed by atoms with Gasteiger partial charge in [0, 0.05) is 45.0 Å². The number of hydrogen-bond acceptors (Lipinski definition) is 5. The lowest BCUT2D eigenvalue weighted by molar-refractivity contribution is -0.126. The Morgan fingerprint density at radius 1 is 1.25 bits per heavy atom. The van der Waals surface area contributed by atoms with Gasteiger partial charge in [0.1, 0.15) is 0 Å².